The van der Waals surface area contributed by atoms with Crippen molar-refractivity contribution in [3.63, 3.8) is 0 Å². The summed E-state index contributed by atoms with van der Waals surface area (Å²) in [5.41, 5.74) is 4.44. The number of aromatic nitrogens is 1. The first-order valence-electron chi connectivity index (χ1n) is 11.0. The molecule has 6 atom stereocenters. The topological polar surface area (TPSA) is 59.4 Å². The van der Waals surface area contributed by atoms with Crippen molar-refractivity contribution in [2.45, 2.75) is 39.7 Å². The SMILES string of the molecule is Cc1ccccc1-c1ccc(/C=C/[C@H]2C(CCO)[C@@H](C)C[C@H]3C(=O)O[C@H](C)[C@H]32)nc1. The van der Waals surface area contributed by atoms with Crippen LogP contribution in [0.5, 0.6) is 0 Å². The molecule has 2 fully saturated rings. The number of hydrogen-bond acceptors (Lipinski definition) is 4. The molecule has 30 heavy (non-hydrogen) atoms. The van der Waals surface area contributed by atoms with Crippen LogP contribution in [0.15, 0.2) is 48.7 Å². The quantitative estimate of drug-likeness (QED) is 0.719. The standard InChI is InChI=1S/C26H31NO3/c1-16-6-4-5-7-21(16)19-8-9-20(27-15-19)10-11-23-22(12-13-28)17(2)14-24-25(23)18(3)30-26(24)29/h4-11,15,17-18,22-25,28H,12-14H2,1-3H3/b11-10+/t17-,18+,22?,23-,24+,25-/m0/s1. The maximum atomic E-state index is 12.3. The molecule has 158 valence electrons. The second kappa shape index (κ2) is 8.73. The van der Waals surface area contributed by atoms with E-state index in [1.165, 1.54) is 11.1 Å². The highest BCUT2D eigenvalue weighted by Crippen LogP contribution is 2.50. The first kappa shape index (κ1) is 20.8. The lowest BCUT2D eigenvalue weighted by molar-refractivity contribution is -0.144. The molecule has 0 radical (unpaired) electrons. The fourth-order valence-corrected chi connectivity index (χ4v) is 5.57. The molecule has 1 aliphatic carbocycles. The number of aliphatic hydroxyl groups is 1. The summed E-state index contributed by atoms with van der Waals surface area (Å²) in [6.07, 6.45) is 7.72. The fraction of sp³-hybridized carbons (Fsp3) is 0.462. The van der Waals surface area contributed by atoms with Crippen molar-refractivity contribution < 1.29 is 14.6 Å². The summed E-state index contributed by atoms with van der Waals surface area (Å²) in [6, 6.07) is 12.5. The van der Waals surface area contributed by atoms with Crippen molar-refractivity contribution >= 4 is 12.0 Å². The Morgan fingerprint density at radius 2 is 2.00 bits per heavy atom. The van der Waals surface area contributed by atoms with E-state index in [0.717, 1.165) is 24.1 Å². The predicted molar refractivity (Wildman–Crippen MR) is 118 cm³/mol. The Hall–Kier alpha value is -2.46. The molecule has 2 heterocycles. The lowest BCUT2D eigenvalue weighted by Crippen LogP contribution is -2.41. The van der Waals surface area contributed by atoms with Crippen molar-refractivity contribution in [3.05, 3.63) is 59.9 Å². The number of carbonyl (C=O) groups is 1. The number of nitrogens with zero attached hydrogens (tertiary/aromatic N) is 1. The molecule has 0 amide bonds. The van der Waals surface area contributed by atoms with Crippen LogP contribution in [0, 0.1) is 36.5 Å². The number of rotatable bonds is 5. The molecular formula is C26H31NO3. The number of fused-ring (bicyclic) bond motifs is 1. The predicted octanol–water partition coefficient (Wildman–Crippen LogP) is 4.90. The van der Waals surface area contributed by atoms with Crippen LogP contribution >= 0.6 is 0 Å². The van der Waals surface area contributed by atoms with Gasteiger partial charge in [0.05, 0.1) is 11.6 Å². The summed E-state index contributed by atoms with van der Waals surface area (Å²) in [6.45, 7) is 6.48. The highest BCUT2D eigenvalue weighted by Gasteiger charge is 2.52. The number of carbonyl (C=O) groups excluding carboxylic acids is 1. The minimum Gasteiger partial charge on any atom is -0.462 e. The summed E-state index contributed by atoms with van der Waals surface area (Å²) in [5.74, 6) is 1.01. The zero-order chi connectivity index (χ0) is 21.3. The van der Waals surface area contributed by atoms with Gasteiger partial charge >= 0.3 is 5.97 Å². The Kier molecular flexibility index (Phi) is 6.05. The first-order valence-corrected chi connectivity index (χ1v) is 11.0. The molecule has 1 aromatic carbocycles. The third-order valence-corrected chi connectivity index (χ3v) is 7.10. The van der Waals surface area contributed by atoms with Gasteiger partial charge in [0.25, 0.3) is 0 Å². The van der Waals surface area contributed by atoms with E-state index in [0.29, 0.717) is 11.8 Å². The molecule has 0 bridgehead atoms. The summed E-state index contributed by atoms with van der Waals surface area (Å²) >= 11 is 0. The third-order valence-electron chi connectivity index (χ3n) is 7.10. The van der Waals surface area contributed by atoms with E-state index >= 15 is 0 Å². The number of pyridine rings is 1. The van der Waals surface area contributed by atoms with Gasteiger partial charge in [-0.05, 0) is 67.7 Å². The maximum Gasteiger partial charge on any atom is 0.309 e. The van der Waals surface area contributed by atoms with E-state index in [-0.39, 0.29) is 36.4 Å². The van der Waals surface area contributed by atoms with E-state index in [2.05, 4.69) is 49.2 Å². The highest BCUT2D eigenvalue weighted by molar-refractivity contribution is 5.75. The van der Waals surface area contributed by atoms with E-state index in [1.807, 2.05) is 31.3 Å². The number of ether oxygens (including phenoxy) is 1. The monoisotopic (exact) mass is 405 g/mol. The molecular weight excluding hydrogens is 374 g/mol. The van der Waals surface area contributed by atoms with E-state index in [1.54, 1.807) is 0 Å². The lowest BCUT2D eigenvalue weighted by Gasteiger charge is -2.42. The summed E-state index contributed by atoms with van der Waals surface area (Å²) < 4.78 is 5.59. The summed E-state index contributed by atoms with van der Waals surface area (Å²) in [7, 11) is 0. The number of aliphatic hydroxyl groups excluding tert-OH is 1. The van der Waals surface area contributed by atoms with Gasteiger partial charge in [0.2, 0.25) is 0 Å². The molecule has 2 aromatic rings. The van der Waals surface area contributed by atoms with Gasteiger partial charge in [-0.1, -0.05) is 43.3 Å². The van der Waals surface area contributed by atoms with Crippen LogP contribution < -0.4 is 0 Å². The van der Waals surface area contributed by atoms with Gasteiger partial charge in [-0.2, -0.15) is 0 Å². The molecule has 4 nitrogen and oxygen atoms in total. The minimum atomic E-state index is -0.0813. The van der Waals surface area contributed by atoms with Gasteiger partial charge in [0.15, 0.2) is 0 Å². The first-order chi connectivity index (χ1) is 14.5. The third kappa shape index (κ3) is 3.93. The lowest BCUT2D eigenvalue weighted by atomic mass is 9.61. The molecule has 1 aromatic heterocycles. The molecule has 1 saturated carbocycles. The van der Waals surface area contributed by atoms with Crippen molar-refractivity contribution in [3.8, 4) is 11.1 Å². The van der Waals surface area contributed by atoms with Gasteiger partial charge < -0.3 is 9.84 Å². The number of esters is 1. The number of benzene rings is 1. The van der Waals surface area contributed by atoms with Crippen LogP contribution in [-0.4, -0.2) is 28.8 Å². The van der Waals surface area contributed by atoms with Crippen LogP contribution in [-0.2, 0) is 9.53 Å². The minimum absolute atomic E-state index is 0.0315. The molecule has 0 spiro atoms. The Bertz CT molecular complexity index is 920. The van der Waals surface area contributed by atoms with E-state index in [9.17, 15) is 9.90 Å². The molecule has 4 heteroatoms. The van der Waals surface area contributed by atoms with Crippen LogP contribution in [0.25, 0.3) is 17.2 Å². The van der Waals surface area contributed by atoms with Gasteiger partial charge in [-0.15, -0.1) is 0 Å². The number of hydrogen-bond donors (Lipinski definition) is 1. The molecule has 1 unspecified atom stereocenters. The van der Waals surface area contributed by atoms with Crippen molar-refractivity contribution in [2.75, 3.05) is 6.61 Å². The Morgan fingerprint density at radius 3 is 2.70 bits per heavy atom. The normalized spacial score (nSPS) is 31.0. The van der Waals surface area contributed by atoms with Crippen LogP contribution in [0.4, 0.5) is 0 Å². The Morgan fingerprint density at radius 1 is 1.20 bits per heavy atom. The van der Waals surface area contributed by atoms with Crippen molar-refractivity contribution in [2.24, 2.45) is 29.6 Å². The molecule has 1 aliphatic heterocycles. The second-order valence-electron chi connectivity index (χ2n) is 8.94. The average Bonchev–Trinajstić information content (AvgIpc) is 3.02. The zero-order valence-electron chi connectivity index (χ0n) is 18.0. The van der Waals surface area contributed by atoms with E-state index in [4.69, 9.17) is 4.74 Å². The molecule has 1 saturated heterocycles. The van der Waals surface area contributed by atoms with Crippen molar-refractivity contribution in [1.29, 1.82) is 0 Å². The van der Waals surface area contributed by atoms with Gasteiger partial charge in [0.1, 0.15) is 6.10 Å². The Balaban J connectivity index is 1.58. The molecule has 1 N–H and O–H groups in total. The van der Waals surface area contributed by atoms with Crippen LogP contribution in [0.2, 0.25) is 0 Å². The second-order valence-corrected chi connectivity index (χ2v) is 8.94. The smallest absolute Gasteiger partial charge is 0.309 e. The largest absolute Gasteiger partial charge is 0.462 e. The average molecular weight is 406 g/mol. The van der Waals surface area contributed by atoms with E-state index < -0.39 is 0 Å². The summed E-state index contributed by atoms with van der Waals surface area (Å²) in [5, 5.41) is 9.62. The Labute approximate surface area is 179 Å². The van der Waals surface area contributed by atoms with Crippen LogP contribution in [0.3, 0.4) is 0 Å². The number of aryl methyl sites for hydroxylation is 1. The molecule has 2 aliphatic rings. The fourth-order valence-electron chi connectivity index (χ4n) is 5.57. The van der Waals surface area contributed by atoms with Gasteiger partial charge in [0, 0.05) is 24.3 Å². The van der Waals surface area contributed by atoms with Crippen molar-refractivity contribution in [1.82, 2.24) is 4.98 Å². The highest BCUT2D eigenvalue weighted by atomic mass is 16.6. The summed E-state index contributed by atoms with van der Waals surface area (Å²) in [4.78, 5) is 17.0. The number of allylic oxidation sites excluding steroid dienone is 1. The maximum absolute atomic E-state index is 12.3. The number of cyclic esters (lactones) is 1. The zero-order valence-corrected chi connectivity index (χ0v) is 18.0. The van der Waals surface area contributed by atoms with Gasteiger partial charge in [-0.3, -0.25) is 9.78 Å². The van der Waals surface area contributed by atoms with Gasteiger partial charge in [-0.25, -0.2) is 0 Å². The van der Waals surface area contributed by atoms with Crippen LogP contribution in [0.1, 0.15) is 37.9 Å². The molecule has 4 rings (SSSR count).